The van der Waals surface area contributed by atoms with Gasteiger partial charge >= 0.3 is 6.03 Å². The molecular formula is C10H21N3O. The Kier molecular flexibility index (Phi) is 4.20. The van der Waals surface area contributed by atoms with Gasteiger partial charge in [0.2, 0.25) is 0 Å². The summed E-state index contributed by atoms with van der Waals surface area (Å²) < 4.78 is 0. The fourth-order valence-electron chi connectivity index (χ4n) is 1.73. The number of carbonyl (C=O) groups is 1. The first-order valence-corrected chi connectivity index (χ1v) is 5.41. The summed E-state index contributed by atoms with van der Waals surface area (Å²) in [6.45, 7) is 9.24. The number of nitrogens with one attached hydrogen (secondary N) is 2. The molecule has 0 bridgehead atoms. The van der Waals surface area contributed by atoms with Crippen LogP contribution in [0.25, 0.3) is 0 Å². The standard InChI is InChI=1S/C10H21N3O/c1-4-13-6-5-9(7-13)12-10(14)11-8(2)3/h8-9H,4-7H2,1-3H3,(H2,11,12,14)/t9-/m0/s1. The SMILES string of the molecule is CCN1CC[C@H](NC(=O)NC(C)C)C1. The van der Waals surface area contributed by atoms with Crippen molar-refractivity contribution < 1.29 is 4.79 Å². The van der Waals surface area contributed by atoms with E-state index in [0.29, 0.717) is 6.04 Å². The second-order valence-corrected chi connectivity index (χ2v) is 4.15. The average molecular weight is 199 g/mol. The lowest BCUT2D eigenvalue weighted by molar-refractivity contribution is 0.234. The van der Waals surface area contributed by atoms with Crippen molar-refractivity contribution >= 4 is 6.03 Å². The van der Waals surface area contributed by atoms with Crippen LogP contribution in [0.2, 0.25) is 0 Å². The highest BCUT2D eigenvalue weighted by atomic mass is 16.2. The zero-order valence-corrected chi connectivity index (χ0v) is 9.34. The molecule has 0 aromatic rings. The van der Waals surface area contributed by atoms with Gasteiger partial charge < -0.3 is 15.5 Å². The van der Waals surface area contributed by atoms with Gasteiger partial charge in [-0.15, -0.1) is 0 Å². The lowest BCUT2D eigenvalue weighted by Gasteiger charge is -2.16. The molecule has 0 aromatic carbocycles. The second kappa shape index (κ2) is 5.20. The largest absolute Gasteiger partial charge is 0.336 e. The van der Waals surface area contributed by atoms with Crippen LogP contribution in [-0.2, 0) is 0 Å². The first-order valence-electron chi connectivity index (χ1n) is 5.41. The number of hydrogen-bond donors (Lipinski definition) is 2. The van der Waals surface area contributed by atoms with Crippen molar-refractivity contribution in [3.63, 3.8) is 0 Å². The first kappa shape index (κ1) is 11.3. The van der Waals surface area contributed by atoms with Gasteiger partial charge in [0.1, 0.15) is 0 Å². The van der Waals surface area contributed by atoms with Crippen LogP contribution in [0.1, 0.15) is 27.2 Å². The quantitative estimate of drug-likeness (QED) is 0.706. The Morgan fingerprint density at radius 2 is 2.29 bits per heavy atom. The minimum absolute atomic E-state index is 0.0389. The smallest absolute Gasteiger partial charge is 0.315 e. The molecule has 0 saturated carbocycles. The summed E-state index contributed by atoms with van der Waals surface area (Å²) in [4.78, 5) is 13.7. The van der Waals surface area contributed by atoms with Gasteiger partial charge in [0.25, 0.3) is 0 Å². The zero-order chi connectivity index (χ0) is 10.6. The van der Waals surface area contributed by atoms with Gasteiger partial charge in [0.15, 0.2) is 0 Å². The van der Waals surface area contributed by atoms with E-state index in [1.807, 2.05) is 13.8 Å². The van der Waals surface area contributed by atoms with Crippen molar-refractivity contribution in [2.45, 2.75) is 39.3 Å². The Hall–Kier alpha value is -0.770. The number of likely N-dealkylation sites (N-methyl/N-ethyl adjacent to an activating group) is 1. The third kappa shape index (κ3) is 3.54. The van der Waals surface area contributed by atoms with Gasteiger partial charge in [-0.25, -0.2) is 4.79 Å². The maximum atomic E-state index is 11.4. The molecule has 4 nitrogen and oxygen atoms in total. The number of amides is 2. The van der Waals surface area contributed by atoms with Gasteiger partial charge in [-0.3, -0.25) is 0 Å². The van der Waals surface area contributed by atoms with Crippen molar-refractivity contribution in [2.75, 3.05) is 19.6 Å². The van der Waals surface area contributed by atoms with E-state index in [0.717, 1.165) is 26.1 Å². The zero-order valence-electron chi connectivity index (χ0n) is 9.34. The Bertz CT molecular complexity index is 194. The molecule has 1 saturated heterocycles. The summed E-state index contributed by atoms with van der Waals surface area (Å²) in [7, 11) is 0. The lowest BCUT2D eigenvalue weighted by Crippen LogP contribution is -2.45. The van der Waals surface area contributed by atoms with Crippen molar-refractivity contribution in [2.24, 2.45) is 0 Å². The number of hydrogen-bond acceptors (Lipinski definition) is 2. The minimum Gasteiger partial charge on any atom is -0.336 e. The molecule has 1 aliphatic rings. The van der Waals surface area contributed by atoms with E-state index < -0.39 is 0 Å². The summed E-state index contributed by atoms with van der Waals surface area (Å²) in [5, 5.41) is 5.82. The fraction of sp³-hybridized carbons (Fsp3) is 0.900. The second-order valence-electron chi connectivity index (χ2n) is 4.15. The van der Waals surface area contributed by atoms with Gasteiger partial charge in [-0.2, -0.15) is 0 Å². The van der Waals surface area contributed by atoms with Crippen LogP contribution < -0.4 is 10.6 Å². The van der Waals surface area contributed by atoms with Crippen LogP contribution >= 0.6 is 0 Å². The maximum Gasteiger partial charge on any atom is 0.315 e. The maximum absolute atomic E-state index is 11.4. The van der Waals surface area contributed by atoms with Crippen molar-refractivity contribution in [3.8, 4) is 0 Å². The highest BCUT2D eigenvalue weighted by Gasteiger charge is 2.22. The topological polar surface area (TPSA) is 44.4 Å². The van der Waals surface area contributed by atoms with E-state index in [2.05, 4.69) is 22.5 Å². The molecule has 1 fully saturated rings. The molecule has 1 aliphatic heterocycles. The third-order valence-corrected chi connectivity index (χ3v) is 2.47. The first-order chi connectivity index (χ1) is 6.61. The van der Waals surface area contributed by atoms with E-state index >= 15 is 0 Å². The monoisotopic (exact) mass is 199 g/mol. The summed E-state index contributed by atoms with van der Waals surface area (Å²) in [6.07, 6.45) is 1.07. The number of rotatable bonds is 3. The van der Waals surface area contributed by atoms with Crippen LogP contribution in [0, 0.1) is 0 Å². The normalized spacial score (nSPS) is 22.7. The molecule has 0 radical (unpaired) electrons. The van der Waals surface area contributed by atoms with Crippen molar-refractivity contribution in [1.29, 1.82) is 0 Å². The Balaban J connectivity index is 2.22. The molecule has 2 amide bonds. The minimum atomic E-state index is -0.0389. The van der Waals surface area contributed by atoms with Gasteiger partial charge in [-0.1, -0.05) is 6.92 Å². The van der Waals surface area contributed by atoms with Crippen LogP contribution in [-0.4, -0.2) is 42.6 Å². The Labute approximate surface area is 86.0 Å². The lowest BCUT2D eigenvalue weighted by atomic mass is 10.3. The molecule has 1 heterocycles. The van der Waals surface area contributed by atoms with Crippen LogP contribution in [0.5, 0.6) is 0 Å². The number of carbonyl (C=O) groups excluding carboxylic acids is 1. The molecule has 1 rings (SSSR count). The molecule has 0 aliphatic carbocycles. The molecule has 82 valence electrons. The average Bonchev–Trinajstić information content (AvgIpc) is 2.50. The predicted molar refractivity (Wildman–Crippen MR) is 57.3 cm³/mol. The van der Waals surface area contributed by atoms with Gasteiger partial charge in [-0.05, 0) is 26.8 Å². The van der Waals surface area contributed by atoms with Crippen molar-refractivity contribution in [3.05, 3.63) is 0 Å². The van der Waals surface area contributed by atoms with Crippen LogP contribution in [0.4, 0.5) is 4.79 Å². The fourth-order valence-corrected chi connectivity index (χ4v) is 1.73. The molecule has 1 atom stereocenters. The highest BCUT2D eigenvalue weighted by Crippen LogP contribution is 2.07. The van der Waals surface area contributed by atoms with E-state index in [9.17, 15) is 4.79 Å². The van der Waals surface area contributed by atoms with E-state index in [1.165, 1.54) is 0 Å². The Morgan fingerprint density at radius 3 is 2.79 bits per heavy atom. The highest BCUT2D eigenvalue weighted by molar-refractivity contribution is 5.74. The molecule has 4 heteroatoms. The van der Waals surface area contributed by atoms with E-state index in [4.69, 9.17) is 0 Å². The summed E-state index contributed by atoms with van der Waals surface area (Å²) in [5.74, 6) is 0. The van der Waals surface area contributed by atoms with E-state index in [1.54, 1.807) is 0 Å². The summed E-state index contributed by atoms with van der Waals surface area (Å²) >= 11 is 0. The van der Waals surface area contributed by atoms with Crippen LogP contribution in [0.3, 0.4) is 0 Å². The molecule has 14 heavy (non-hydrogen) atoms. The molecular weight excluding hydrogens is 178 g/mol. The van der Waals surface area contributed by atoms with Gasteiger partial charge in [0.05, 0.1) is 0 Å². The number of urea groups is 1. The Morgan fingerprint density at radius 1 is 1.57 bits per heavy atom. The number of likely N-dealkylation sites (tertiary alicyclic amines) is 1. The van der Waals surface area contributed by atoms with Gasteiger partial charge in [0, 0.05) is 25.2 Å². The molecule has 0 spiro atoms. The van der Waals surface area contributed by atoms with E-state index in [-0.39, 0.29) is 12.1 Å². The molecule has 0 unspecified atom stereocenters. The third-order valence-electron chi connectivity index (χ3n) is 2.47. The number of nitrogens with zero attached hydrogens (tertiary/aromatic N) is 1. The summed E-state index contributed by atoms with van der Waals surface area (Å²) in [6, 6.07) is 0.496. The summed E-state index contributed by atoms with van der Waals surface area (Å²) in [5.41, 5.74) is 0. The molecule has 0 aromatic heterocycles. The molecule has 2 N–H and O–H groups in total. The predicted octanol–water partition coefficient (Wildman–Crippen LogP) is 0.788. The van der Waals surface area contributed by atoms with Crippen LogP contribution in [0.15, 0.2) is 0 Å². The van der Waals surface area contributed by atoms with Crippen molar-refractivity contribution in [1.82, 2.24) is 15.5 Å².